The highest BCUT2D eigenvalue weighted by Crippen LogP contribution is 2.24. The average Bonchev–Trinajstić information content (AvgIpc) is 2.38. The van der Waals surface area contributed by atoms with Crippen LogP contribution in [0.25, 0.3) is 0 Å². The highest BCUT2D eigenvalue weighted by molar-refractivity contribution is 5.94. The number of carbonyl (C=O) groups is 1. The first-order chi connectivity index (χ1) is 8.24. The number of nitrogens with two attached hydrogens (primary N) is 1. The van der Waals surface area contributed by atoms with Crippen molar-refractivity contribution in [3.8, 4) is 0 Å². The number of carbonyl (C=O) groups excluding carboxylic acids is 1. The number of aromatic nitrogens is 1. The van der Waals surface area contributed by atoms with Gasteiger partial charge >= 0.3 is 0 Å². The molecule has 1 aliphatic rings. The summed E-state index contributed by atoms with van der Waals surface area (Å²) in [5.74, 6) is 0.564. The lowest BCUT2D eigenvalue weighted by Crippen LogP contribution is -2.51. The van der Waals surface area contributed by atoms with Crippen LogP contribution in [0.5, 0.6) is 0 Å². The molecule has 108 valence electrons. The summed E-state index contributed by atoms with van der Waals surface area (Å²) < 4.78 is 0. The van der Waals surface area contributed by atoms with Gasteiger partial charge in [0, 0.05) is 37.1 Å². The minimum atomic E-state index is 0. The fraction of sp³-hybridized carbons (Fsp3) is 0.538. The summed E-state index contributed by atoms with van der Waals surface area (Å²) in [5, 5.41) is 0. The molecule has 2 N–H and O–H groups in total. The summed E-state index contributed by atoms with van der Waals surface area (Å²) >= 11 is 0. The van der Waals surface area contributed by atoms with E-state index < -0.39 is 0 Å². The number of halogens is 2. The van der Waals surface area contributed by atoms with Crippen molar-refractivity contribution >= 4 is 30.7 Å². The van der Waals surface area contributed by atoms with E-state index in [0.717, 1.165) is 19.4 Å². The topological polar surface area (TPSA) is 59.2 Å². The lowest BCUT2D eigenvalue weighted by Gasteiger charge is -2.39. The molecule has 2 unspecified atom stereocenters. The Hall–Kier alpha value is -0.840. The van der Waals surface area contributed by atoms with Crippen LogP contribution in [0.2, 0.25) is 0 Å². The van der Waals surface area contributed by atoms with E-state index in [1.807, 2.05) is 4.90 Å². The third-order valence-electron chi connectivity index (χ3n) is 3.55. The number of hydrogen-bond donors (Lipinski definition) is 1. The van der Waals surface area contributed by atoms with E-state index in [2.05, 4.69) is 11.9 Å². The van der Waals surface area contributed by atoms with Crippen molar-refractivity contribution < 1.29 is 4.79 Å². The Kier molecular flexibility index (Phi) is 7.99. The molecule has 4 nitrogen and oxygen atoms in total. The van der Waals surface area contributed by atoms with Crippen molar-refractivity contribution in [2.45, 2.75) is 25.8 Å². The van der Waals surface area contributed by atoms with E-state index in [0.29, 0.717) is 18.0 Å². The maximum Gasteiger partial charge on any atom is 0.254 e. The second-order valence-corrected chi connectivity index (χ2v) is 4.66. The minimum absolute atomic E-state index is 0. The molecule has 2 atom stereocenters. The van der Waals surface area contributed by atoms with Crippen LogP contribution in [0, 0.1) is 5.92 Å². The Morgan fingerprint density at radius 3 is 2.63 bits per heavy atom. The zero-order chi connectivity index (χ0) is 12.3. The minimum Gasteiger partial charge on any atom is -0.334 e. The third-order valence-corrected chi connectivity index (χ3v) is 3.55. The van der Waals surface area contributed by atoms with Crippen LogP contribution in [-0.2, 0) is 0 Å². The fourth-order valence-electron chi connectivity index (χ4n) is 2.52. The van der Waals surface area contributed by atoms with Crippen LogP contribution in [-0.4, -0.2) is 34.9 Å². The quantitative estimate of drug-likeness (QED) is 0.910. The van der Waals surface area contributed by atoms with Crippen LogP contribution < -0.4 is 5.73 Å². The van der Waals surface area contributed by atoms with Gasteiger partial charge in [0.15, 0.2) is 0 Å². The number of hydrogen-bond acceptors (Lipinski definition) is 3. The summed E-state index contributed by atoms with van der Waals surface area (Å²) in [7, 11) is 0. The van der Waals surface area contributed by atoms with Gasteiger partial charge in [0.2, 0.25) is 0 Å². The molecule has 0 saturated carbocycles. The maximum absolute atomic E-state index is 12.4. The molecule has 0 bridgehead atoms. The molecule has 6 heteroatoms. The highest BCUT2D eigenvalue weighted by atomic mass is 35.5. The predicted molar refractivity (Wildman–Crippen MR) is 81.0 cm³/mol. The first-order valence-corrected chi connectivity index (χ1v) is 6.15. The van der Waals surface area contributed by atoms with Gasteiger partial charge in [-0.3, -0.25) is 9.78 Å². The van der Waals surface area contributed by atoms with Gasteiger partial charge in [-0.2, -0.15) is 0 Å². The molecule has 1 aromatic rings. The lowest BCUT2D eigenvalue weighted by molar-refractivity contribution is 0.0532. The Balaban J connectivity index is 0.00000162. The van der Waals surface area contributed by atoms with E-state index in [-0.39, 0.29) is 36.8 Å². The second-order valence-electron chi connectivity index (χ2n) is 4.66. The van der Waals surface area contributed by atoms with Gasteiger partial charge in [-0.1, -0.05) is 6.92 Å². The second kappa shape index (κ2) is 8.35. The number of piperidine rings is 1. The Labute approximate surface area is 126 Å². The fourth-order valence-corrected chi connectivity index (χ4v) is 2.52. The van der Waals surface area contributed by atoms with E-state index >= 15 is 0 Å². The van der Waals surface area contributed by atoms with Crippen LogP contribution in [0.4, 0.5) is 0 Å². The molecule has 0 radical (unpaired) electrons. The molecule has 0 aromatic carbocycles. The van der Waals surface area contributed by atoms with Crippen molar-refractivity contribution in [3.05, 3.63) is 30.1 Å². The van der Waals surface area contributed by atoms with Gasteiger partial charge in [0.1, 0.15) is 0 Å². The van der Waals surface area contributed by atoms with Crippen molar-refractivity contribution in [1.29, 1.82) is 0 Å². The highest BCUT2D eigenvalue weighted by Gasteiger charge is 2.31. The maximum atomic E-state index is 12.4. The van der Waals surface area contributed by atoms with Gasteiger partial charge in [-0.15, -0.1) is 24.8 Å². The van der Waals surface area contributed by atoms with E-state index in [9.17, 15) is 4.79 Å². The third kappa shape index (κ3) is 4.06. The lowest BCUT2D eigenvalue weighted by atomic mass is 9.90. The largest absolute Gasteiger partial charge is 0.334 e. The van der Waals surface area contributed by atoms with Crippen LogP contribution in [0.1, 0.15) is 30.1 Å². The molecule has 1 aliphatic heterocycles. The first-order valence-electron chi connectivity index (χ1n) is 6.15. The smallest absolute Gasteiger partial charge is 0.254 e. The number of likely N-dealkylation sites (tertiary alicyclic amines) is 1. The molecule has 1 fully saturated rings. The molecule has 0 aliphatic carbocycles. The molecule has 1 saturated heterocycles. The number of rotatable bonds is 2. The molecular formula is C13H21Cl2N3O. The zero-order valence-electron chi connectivity index (χ0n) is 11.0. The Bertz CT molecular complexity index is 389. The Morgan fingerprint density at radius 2 is 2.05 bits per heavy atom. The van der Waals surface area contributed by atoms with Crippen LogP contribution in [0.15, 0.2) is 24.5 Å². The molecule has 19 heavy (non-hydrogen) atoms. The standard InChI is InChI=1S/C13H19N3O.2ClH/c1-10-3-2-8-16(12(10)9-14)13(17)11-4-6-15-7-5-11;;/h4-7,10,12H,2-3,8-9,14H2,1H3;2*1H. The normalized spacial score (nSPS) is 22.1. The summed E-state index contributed by atoms with van der Waals surface area (Å²) in [5.41, 5.74) is 6.50. The van der Waals surface area contributed by atoms with Crippen molar-refractivity contribution in [1.82, 2.24) is 9.88 Å². The molecule has 2 rings (SSSR count). The molecule has 2 heterocycles. The molecule has 1 amide bonds. The van der Waals surface area contributed by atoms with Gasteiger partial charge in [0.25, 0.3) is 5.91 Å². The van der Waals surface area contributed by atoms with Crippen LogP contribution in [0.3, 0.4) is 0 Å². The predicted octanol–water partition coefficient (Wildman–Crippen LogP) is 2.12. The summed E-state index contributed by atoms with van der Waals surface area (Å²) in [6, 6.07) is 3.69. The summed E-state index contributed by atoms with van der Waals surface area (Å²) in [4.78, 5) is 18.2. The average molecular weight is 306 g/mol. The summed E-state index contributed by atoms with van der Waals surface area (Å²) in [6.07, 6.45) is 5.52. The number of nitrogens with zero attached hydrogens (tertiary/aromatic N) is 2. The zero-order valence-corrected chi connectivity index (χ0v) is 12.6. The Morgan fingerprint density at radius 1 is 1.42 bits per heavy atom. The van der Waals surface area contributed by atoms with Gasteiger partial charge in [-0.05, 0) is 30.9 Å². The van der Waals surface area contributed by atoms with Crippen molar-refractivity contribution in [2.75, 3.05) is 13.1 Å². The van der Waals surface area contributed by atoms with Crippen molar-refractivity contribution in [2.24, 2.45) is 11.7 Å². The van der Waals surface area contributed by atoms with Crippen molar-refractivity contribution in [3.63, 3.8) is 0 Å². The summed E-state index contributed by atoms with van der Waals surface area (Å²) in [6.45, 7) is 3.52. The van der Waals surface area contributed by atoms with Gasteiger partial charge < -0.3 is 10.6 Å². The van der Waals surface area contributed by atoms with Gasteiger partial charge in [0.05, 0.1) is 0 Å². The SMILES string of the molecule is CC1CCCN(C(=O)c2ccncc2)C1CN.Cl.Cl. The molecule has 0 spiro atoms. The molecule has 1 aromatic heterocycles. The number of pyridine rings is 1. The van der Waals surface area contributed by atoms with E-state index in [1.165, 1.54) is 0 Å². The van der Waals surface area contributed by atoms with E-state index in [1.54, 1.807) is 24.5 Å². The van der Waals surface area contributed by atoms with E-state index in [4.69, 9.17) is 5.73 Å². The molecular weight excluding hydrogens is 285 g/mol. The van der Waals surface area contributed by atoms with Gasteiger partial charge in [-0.25, -0.2) is 0 Å². The first kappa shape index (κ1) is 18.2. The van der Waals surface area contributed by atoms with Crippen LogP contribution >= 0.6 is 24.8 Å². The monoisotopic (exact) mass is 305 g/mol. The number of amides is 1.